The molecular formula is C21H34O3. The summed E-state index contributed by atoms with van der Waals surface area (Å²) in [4.78, 5) is 11.1. The van der Waals surface area contributed by atoms with Gasteiger partial charge in [-0.2, -0.15) is 0 Å². The summed E-state index contributed by atoms with van der Waals surface area (Å²) in [5.74, 6) is 2.85. The lowest BCUT2D eigenvalue weighted by Gasteiger charge is -2.61. The van der Waals surface area contributed by atoms with Gasteiger partial charge in [0.1, 0.15) is 0 Å². The van der Waals surface area contributed by atoms with E-state index >= 15 is 0 Å². The average molecular weight is 335 g/mol. The Balaban J connectivity index is 1.53. The van der Waals surface area contributed by atoms with Crippen molar-refractivity contribution in [3.05, 3.63) is 0 Å². The Kier molecular flexibility index (Phi) is 4.02. The van der Waals surface area contributed by atoms with Crippen LogP contribution in [0.3, 0.4) is 0 Å². The molecule has 4 saturated carbocycles. The highest BCUT2D eigenvalue weighted by Crippen LogP contribution is 2.66. The van der Waals surface area contributed by atoms with Crippen molar-refractivity contribution >= 4 is 5.97 Å². The molecule has 0 aromatic rings. The molecular weight excluding hydrogens is 300 g/mol. The summed E-state index contributed by atoms with van der Waals surface area (Å²) in [6.45, 7) is 4.88. The Morgan fingerprint density at radius 2 is 1.67 bits per heavy atom. The van der Waals surface area contributed by atoms with Gasteiger partial charge in [-0.3, -0.25) is 4.79 Å². The van der Waals surface area contributed by atoms with Gasteiger partial charge < -0.3 is 10.2 Å². The van der Waals surface area contributed by atoms with Crippen LogP contribution in [0.25, 0.3) is 0 Å². The number of carboxylic acid groups (broad SMARTS) is 1. The molecule has 136 valence electrons. The number of fused-ring (bicyclic) bond motifs is 5. The second-order valence-corrected chi connectivity index (χ2v) is 10.0. The number of hydrogen-bond acceptors (Lipinski definition) is 2. The van der Waals surface area contributed by atoms with E-state index in [4.69, 9.17) is 5.11 Å². The maximum absolute atomic E-state index is 11.1. The number of aliphatic carboxylic acids is 1. The molecule has 0 heterocycles. The highest BCUT2D eigenvalue weighted by atomic mass is 16.4. The Morgan fingerprint density at radius 1 is 0.958 bits per heavy atom. The van der Waals surface area contributed by atoms with Gasteiger partial charge in [-0.25, -0.2) is 0 Å². The molecule has 0 radical (unpaired) electrons. The average Bonchev–Trinajstić information content (AvgIpc) is 2.83. The third-order valence-corrected chi connectivity index (χ3v) is 9.19. The molecule has 0 aliphatic heterocycles. The summed E-state index contributed by atoms with van der Waals surface area (Å²) in [5.41, 5.74) is 0.595. The van der Waals surface area contributed by atoms with Crippen molar-refractivity contribution in [2.75, 3.05) is 0 Å². The molecule has 0 unspecified atom stereocenters. The third kappa shape index (κ3) is 2.37. The Labute approximate surface area is 146 Å². The molecule has 0 bridgehead atoms. The van der Waals surface area contributed by atoms with Crippen molar-refractivity contribution < 1.29 is 15.0 Å². The lowest BCUT2D eigenvalue weighted by atomic mass is 9.44. The van der Waals surface area contributed by atoms with E-state index in [1.54, 1.807) is 0 Å². The van der Waals surface area contributed by atoms with Crippen molar-refractivity contribution in [1.29, 1.82) is 0 Å². The van der Waals surface area contributed by atoms with Crippen LogP contribution in [0.15, 0.2) is 0 Å². The molecule has 0 spiro atoms. The van der Waals surface area contributed by atoms with Crippen molar-refractivity contribution in [1.82, 2.24) is 0 Å². The lowest BCUT2D eigenvalue weighted by Crippen LogP contribution is -2.54. The monoisotopic (exact) mass is 334 g/mol. The topological polar surface area (TPSA) is 57.5 Å². The van der Waals surface area contributed by atoms with E-state index in [1.165, 1.54) is 38.5 Å². The molecule has 8 atom stereocenters. The zero-order chi connectivity index (χ0) is 17.1. The number of carbonyl (C=O) groups is 1. The molecule has 4 aliphatic rings. The molecule has 2 N–H and O–H groups in total. The number of aliphatic hydroxyl groups excluding tert-OH is 1. The van der Waals surface area contributed by atoms with Crippen LogP contribution in [-0.2, 0) is 4.79 Å². The first-order valence-corrected chi connectivity index (χ1v) is 10.2. The molecule has 24 heavy (non-hydrogen) atoms. The minimum atomic E-state index is -0.620. The quantitative estimate of drug-likeness (QED) is 0.783. The fourth-order valence-corrected chi connectivity index (χ4v) is 7.75. The van der Waals surface area contributed by atoms with Crippen LogP contribution >= 0.6 is 0 Å². The maximum atomic E-state index is 11.1. The predicted octanol–water partition coefficient (Wildman–Crippen LogP) is 4.48. The third-order valence-electron chi connectivity index (χ3n) is 9.19. The Morgan fingerprint density at radius 3 is 2.42 bits per heavy atom. The van der Waals surface area contributed by atoms with Gasteiger partial charge in [0.25, 0.3) is 0 Å². The molecule has 0 aromatic heterocycles. The van der Waals surface area contributed by atoms with Crippen LogP contribution in [0.1, 0.15) is 78.1 Å². The summed E-state index contributed by atoms with van der Waals surface area (Å²) in [7, 11) is 0. The van der Waals surface area contributed by atoms with Gasteiger partial charge in [-0.15, -0.1) is 0 Å². The fraction of sp³-hybridized carbons (Fsp3) is 0.952. The summed E-state index contributed by atoms with van der Waals surface area (Å²) in [6.07, 6.45) is 11.1. The zero-order valence-electron chi connectivity index (χ0n) is 15.3. The smallest absolute Gasteiger partial charge is 0.303 e. The van der Waals surface area contributed by atoms with E-state index in [0.717, 1.165) is 42.9 Å². The van der Waals surface area contributed by atoms with Crippen molar-refractivity contribution in [3.8, 4) is 0 Å². The van der Waals surface area contributed by atoms with Crippen molar-refractivity contribution in [3.63, 3.8) is 0 Å². The first-order valence-electron chi connectivity index (χ1n) is 10.2. The summed E-state index contributed by atoms with van der Waals surface area (Å²) in [6, 6.07) is 0. The normalized spacial score (nSPS) is 53.8. The van der Waals surface area contributed by atoms with Crippen LogP contribution < -0.4 is 0 Å². The summed E-state index contributed by atoms with van der Waals surface area (Å²) in [5, 5.41) is 19.7. The minimum absolute atomic E-state index is 0.0831. The molecule has 3 nitrogen and oxygen atoms in total. The van der Waals surface area contributed by atoms with E-state index in [1.807, 2.05) is 0 Å². The SMILES string of the molecule is C[C@]12CC[C@H](CC(=O)O)C[C@@H]1CC[C@@H]1[C@@H]2CC[C@]2(C)[C@@H](O)CC[C@@H]12. The standard InChI is InChI=1S/C21H34O3/c1-20-9-7-13(12-19(23)24)11-14(20)3-4-15-16-5-6-18(22)21(16,2)10-8-17(15)20/h13-18,22H,3-12H2,1-2H3,(H,23,24)/t13-,14-,15-,16-,17-,18-,20-,21-/m0/s1. The van der Waals surface area contributed by atoms with Gasteiger partial charge in [0, 0.05) is 6.42 Å². The van der Waals surface area contributed by atoms with Crippen LogP contribution in [-0.4, -0.2) is 22.3 Å². The summed E-state index contributed by atoms with van der Waals surface area (Å²) < 4.78 is 0. The van der Waals surface area contributed by atoms with E-state index in [0.29, 0.717) is 17.8 Å². The lowest BCUT2D eigenvalue weighted by molar-refractivity contribution is -0.142. The Hall–Kier alpha value is -0.570. The number of carboxylic acids is 1. The van der Waals surface area contributed by atoms with E-state index < -0.39 is 5.97 Å². The van der Waals surface area contributed by atoms with Crippen LogP contribution in [0.5, 0.6) is 0 Å². The highest BCUT2D eigenvalue weighted by Gasteiger charge is 2.59. The number of aliphatic hydroxyl groups is 1. The van der Waals surface area contributed by atoms with E-state index in [-0.39, 0.29) is 11.5 Å². The van der Waals surface area contributed by atoms with E-state index in [9.17, 15) is 9.90 Å². The number of hydrogen-bond donors (Lipinski definition) is 2. The predicted molar refractivity (Wildman–Crippen MR) is 93.5 cm³/mol. The first-order chi connectivity index (χ1) is 11.3. The molecule has 0 saturated heterocycles. The van der Waals surface area contributed by atoms with Gasteiger partial charge in [0.15, 0.2) is 0 Å². The molecule has 4 fully saturated rings. The number of rotatable bonds is 2. The molecule has 3 heteroatoms. The minimum Gasteiger partial charge on any atom is -0.481 e. The molecule has 0 aromatic carbocycles. The van der Waals surface area contributed by atoms with Gasteiger partial charge in [0.05, 0.1) is 6.10 Å². The summed E-state index contributed by atoms with van der Waals surface area (Å²) >= 11 is 0. The van der Waals surface area contributed by atoms with Crippen LogP contribution in [0.2, 0.25) is 0 Å². The van der Waals surface area contributed by atoms with E-state index in [2.05, 4.69) is 13.8 Å². The first kappa shape index (κ1) is 16.9. The van der Waals surface area contributed by atoms with Gasteiger partial charge in [0.2, 0.25) is 0 Å². The van der Waals surface area contributed by atoms with Crippen molar-refractivity contribution in [2.45, 2.75) is 84.2 Å². The fourth-order valence-electron chi connectivity index (χ4n) is 7.75. The second-order valence-electron chi connectivity index (χ2n) is 10.0. The molecule has 0 amide bonds. The largest absolute Gasteiger partial charge is 0.481 e. The van der Waals surface area contributed by atoms with Gasteiger partial charge in [-0.05, 0) is 98.2 Å². The van der Waals surface area contributed by atoms with Crippen molar-refractivity contribution in [2.24, 2.45) is 40.4 Å². The molecule has 4 rings (SSSR count). The van der Waals surface area contributed by atoms with Gasteiger partial charge in [-0.1, -0.05) is 13.8 Å². The zero-order valence-corrected chi connectivity index (χ0v) is 15.3. The van der Waals surface area contributed by atoms with Crippen LogP contribution in [0, 0.1) is 40.4 Å². The van der Waals surface area contributed by atoms with Crippen LogP contribution in [0.4, 0.5) is 0 Å². The molecule has 4 aliphatic carbocycles. The second kappa shape index (κ2) is 5.72. The van der Waals surface area contributed by atoms with Gasteiger partial charge >= 0.3 is 5.97 Å². The Bertz CT molecular complexity index is 517. The maximum Gasteiger partial charge on any atom is 0.303 e. The highest BCUT2D eigenvalue weighted by molar-refractivity contribution is 5.67.